The van der Waals surface area contributed by atoms with Crippen LogP contribution in [0.1, 0.15) is 168 Å². The lowest BCUT2D eigenvalue weighted by molar-refractivity contribution is -0.161. The molecule has 0 spiro atoms. The van der Waals surface area contributed by atoms with Gasteiger partial charge in [-0.2, -0.15) is 0 Å². The van der Waals surface area contributed by atoms with E-state index in [2.05, 4.69) is 62.5 Å². The number of phosphoric ester groups is 1. The van der Waals surface area contributed by atoms with E-state index < -0.39 is 32.5 Å². The quantitative estimate of drug-likeness (QED) is 0.0272. The van der Waals surface area contributed by atoms with Crippen molar-refractivity contribution in [3.63, 3.8) is 0 Å². The van der Waals surface area contributed by atoms with Crippen molar-refractivity contribution >= 4 is 19.8 Å². The fourth-order valence-electron chi connectivity index (χ4n) is 5.35. The van der Waals surface area contributed by atoms with E-state index in [4.69, 9.17) is 24.3 Å². The van der Waals surface area contributed by atoms with E-state index in [1.807, 2.05) is 12.2 Å². The standard InChI is InChI=1S/C43H76NO8P/c1-3-5-7-9-11-13-15-17-18-19-20-21-22-24-25-27-29-31-33-35-42(45)49-39-41(40-51-53(47,48)50-38-37-44)52-43(46)36-34-32-30-28-26-23-16-14-12-10-8-6-4-2/h6,8,12,14,17-18,23,26,30,32,41H,3-5,7,9-11,13,15-16,19-22,24-25,27-29,31,33-40,44H2,1-2H3,(H,47,48)/b8-6-,14-12-,18-17-,26-23-,32-30-. The molecule has 0 fully saturated rings. The molecule has 0 radical (unpaired) electrons. The number of hydrogen-bond acceptors (Lipinski definition) is 8. The Morgan fingerprint density at radius 1 is 0.585 bits per heavy atom. The van der Waals surface area contributed by atoms with Crippen LogP contribution in [-0.2, 0) is 32.7 Å². The maximum Gasteiger partial charge on any atom is 0.472 e. The summed E-state index contributed by atoms with van der Waals surface area (Å²) < 4.78 is 32.6. The van der Waals surface area contributed by atoms with Crippen molar-refractivity contribution in [1.82, 2.24) is 0 Å². The molecule has 53 heavy (non-hydrogen) atoms. The first kappa shape index (κ1) is 50.7. The highest BCUT2D eigenvalue weighted by Crippen LogP contribution is 2.43. The highest BCUT2D eigenvalue weighted by Gasteiger charge is 2.25. The fourth-order valence-corrected chi connectivity index (χ4v) is 6.11. The number of allylic oxidation sites excluding steroid dienone is 10. The molecule has 2 atom stereocenters. The van der Waals surface area contributed by atoms with Gasteiger partial charge in [0.1, 0.15) is 6.61 Å². The average molecular weight is 766 g/mol. The third kappa shape index (κ3) is 39.2. The van der Waals surface area contributed by atoms with E-state index in [-0.39, 0.29) is 32.6 Å². The first-order valence-corrected chi connectivity index (χ1v) is 22.3. The summed E-state index contributed by atoms with van der Waals surface area (Å²) in [5, 5.41) is 0. The molecule has 3 N–H and O–H groups in total. The Hall–Kier alpha value is -2.29. The molecule has 9 nitrogen and oxygen atoms in total. The number of carbonyl (C=O) groups excluding carboxylic acids is 2. The molecule has 0 aromatic carbocycles. The van der Waals surface area contributed by atoms with Gasteiger partial charge in [0.05, 0.1) is 13.2 Å². The van der Waals surface area contributed by atoms with Crippen molar-refractivity contribution in [3.05, 3.63) is 60.8 Å². The number of esters is 2. The molecule has 0 aliphatic heterocycles. The lowest BCUT2D eigenvalue weighted by Crippen LogP contribution is -2.29. The van der Waals surface area contributed by atoms with E-state index in [1.54, 1.807) is 0 Å². The van der Waals surface area contributed by atoms with Crippen LogP contribution < -0.4 is 5.73 Å². The summed E-state index contributed by atoms with van der Waals surface area (Å²) in [5.74, 6) is -0.929. The Bertz CT molecular complexity index is 1050. The van der Waals surface area contributed by atoms with Gasteiger partial charge < -0.3 is 20.1 Å². The predicted molar refractivity (Wildman–Crippen MR) is 219 cm³/mol. The van der Waals surface area contributed by atoms with Gasteiger partial charge in [-0.1, -0.05) is 152 Å². The van der Waals surface area contributed by atoms with Gasteiger partial charge in [0.15, 0.2) is 6.10 Å². The summed E-state index contributed by atoms with van der Waals surface area (Å²) in [5.41, 5.74) is 5.33. The average Bonchev–Trinajstić information content (AvgIpc) is 3.14. The molecule has 0 saturated carbocycles. The van der Waals surface area contributed by atoms with Gasteiger partial charge in [0, 0.05) is 19.4 Å². The zero-order valence-corrected chi connectivity index (χ0v) is 34.4. The molecule has 0 bridgehead atoms. The molecule has 0 heterocycles. The number of ether oxygens (including phenoxy) is 2. The maximum absolute atomic E-state index is 12.5. The lowest BCUT2D eigenvalue weighted by Gasteiger charge is -2.19. The van der Waals surface area contributed by atoms with Gasteiger partial charge in [-0.25, -0.2) is 4.57 Å². The number of phosphoric acid groups is 1. The van der Waals surface area contributed by atoms with Crippen LogP contribution in [0.25, 0.3) is 0 Å². The Morgan fingerprint density at radius 3 is 1.62 bits per heavy atom. The highest BCUT2D eigenvalue weighted by molar-refractivity contribution is 7.47. The van der Waals surface area contributed by atoms with Gasteiger partial charge in [0.2, 0.25) is 0 Å². The molecule has 0 aromatic heterocycles. The van der Waals surface area contributed by atoms with Crippen LogP contribution in [0.2, 0.25) is 0 Å². The summed E-state index contributed by atoms with van der Waals surface area (Å²) in [6, 6.07) is 0. The third-order valence-corrected chi connectivity index (χ3v) is 9.39. The number of unbranched alkanes of at least 4 members (excludes halogenated alkanes) is 15. The SMILES string of the molecule is CC/C=C\C/C=C\C/C=C\C/C=C\CCC(=O)OC(COC(=O)CCCCCCCCCCC/C=C\CCCCCCCC)COP(=O)(O)OCCN. The van der Waals surface area contributed by atoms with Gasteiger partial charge in [-0.15, -0.1) is 0 Å². The first-order valence-electron chi connectivity index (χ1n) is 20.8. The normalized spacial score (nSPS) is 14.0. The van der Waals surface area contributed by atoms with Crippen LogP contribution in [0.5, 0.6) is 0 Å². The van der Waals surface area contributed by atoms with Crippen molar-refractivity contribution in [1.29, 1.82) is 0 Å². The second kappa shape index (κ2) is 39.4. The van der Waals surface area contributed by atoms with Crippen molar-refractivity contribution in [2.75, 3.05) is 26.4 Å². The topological polar surface area (TPSA) is 134 Å². The highest BCUT2D eigenvalue weighted by atomic mass is 31.2. The third-order valence-electron chi connectivity index (χ3n) is 8.40. The molecule has 0 aromatic rings. The number of hydrogen-bond donors (Lipinski definition) is 2. The Balaban J connectivity index is 4.22. The summed E-state index contributed by atoms with van der Waals surface area (Å²) in [6.07, 6.45) is 45.6. The Kier molecular flexibility index (Phi) is 37.7. The smallest absolute Gasteiger partial charge is 0.462 e. The van der Waals surface area contributed by atoms with Gasteiger partial charge >= 0.3 is 19.8 Å². The van der Waals surface area contributed by atoms with Crippen LogP contribution in [0.3, 0.4) is 0 Å². The van der Waals surface area contributed by atoms with Crippen LogP contribution in [-0.4, -0.2) is 49.3 Å². The second-order valence-corrected chi connectivity index (χ2v) is 14.9. The Morgan fingerprint density at radius 2 is 1.08 bits per heavy atom. The number of nitrogens with two attached hydrogens (primary N) is 1. The monoisotopic (exact) mass is 766 g/mol. The summed E-state index contributed by atoms with van der Waals surface area (Å²) in [6.45, 7) is 3.51. The minimum atomic E-state index is -4.39. The first-order chi connectivity index (χ1) is 25.8. The van der Waals surface area contributed by atoms with E-state index in [9.17, 15) is 19.0 Å². The molecule has 10 heteroatoms. The number of rotatable bonds is 38. The van der Waals surface area contributed by atoms with Gasteiger partial charge in [-0.05, 0) is 64.2 Å². The van der Waals surface area contributed by atoms with Crippen LogP contribution in [0.15, 0.2) is 60.8 Å². The zero-order chi connectivity index (χ0) is 38.9. The molecule has 2 unspecified atom stereocenters. The van der Waals surface area contributed by atoms with E-state index in [1.165, 1.54) is 83.5 Å². The van der Waals surface area contributed by atoms with E-state index >= 15 is 0 Å². The molecule has 306 valence electrons. The summed E-state index contributed by atoms with van der Waals surface area (Å²) >= 11 is 0. The van der Waals surface area contributed by atoms with Crippen LogP contribution in [0, 0.1) is 0 Å². The van der Waals surface area contributed by atoms with Gasteiger partial charge in [-0.3, -0.25) is 18.6 Å². The molecule has 0 rings (SSSR count). The number of carbonyl (C=O) groups is 2. The molecular formula is C43H76NO8P. The van der Waals surface area contributed by atoms with Crippen molar-refractivity contribution < 1.29 is 37.6 Å². The van der Waals surface area contributed by atoms with Crippen molar-refractivity contribution in [3.8, 4) is 0 Å². The lowest BCUT2D eigenvalue weighted by atomic mass is 10.1. The molecule has 0 amide bonds. The molecule has 0 aliphatic carbocycles. The molecular weight excluding hydrogens is 689 g/mol. The maximum atomic E-state index is 12.5. The molecule has 0 aliphatic rings. The minimum Gasteiger partial charge on any atom is -0.462 e. The second-order valence-electron chi connectivity index (χ2n) is 13.5. The van der Waals surface area contributed by atoms with Crippen molar-refractivity contribution in [2.45, 2.75) is 174 Å². The van der Waals surface area contributed by atoms with Crippen molar-refractivity contribution in [2.24, 2.45) is 5.73 Å². The predicted octanol–water partition coefficient (Wildman–Crippen LogP) is 11.7. The minimum absolute atomic E-state index is 0.0404. The van der Waals surface area contributed by atoms with E-state index in [0.717, 1.165) is 51.4 Å². The largest absolute Gasteiger partial charge is 0.472 e. The van der Waals surface area contributed by atoms with Crippen LogP contribution >= 0.6 is 7.82 Å². The van der Waals surface area contributed by atoms with Gasteiger partial charge in [0.25, 0.3) is 0 Å². The molecule has 0 saturated heterocycles. The fraction of sp³-hybridized carbons (Fsp3) is 0.721. The Labute approximate surface area is 323 Å². The van der Waals surface area contributed by atoms with Crippen LogP contribution in [0.4, 0.5) is 0 Å². The summed E-state index contributed by atoms with van der Waals surface area (Å²) in [7, 11) is -4.39. The zero-order valence-electron chi connectivity index (χ0n) is 33.5. The van der Waals surface area contributed by atoms with E-state index in [0.29, 0.717) is 6.42 Å². The summed E-state index contributed by atoms with van der Waals surface area (Å²) in [4.78, 5) is 34.7.